The van der Waals surface area contributed by atoms with Crippen LogP contribution < -0.4 is 5.73 Å². The van der Waals surface area contributed by atoms with Crippen LogP contribution in [0.2, 0.25) is 5.02 Å². The van der Waals surface area contributed by atoms with E-state index in [-0.39, 0.29) is 0 Å². The number of nitrogens with two attached hydrogens (primary N) is 1. The molecule has 2 N–H and O–H groups in total. The van der Waals surface area contributed by atoms with Gasteiger partial charge in [-0.3, -0.25) is 0 Å². The van der Waals surface area contributed by atoms with Crippen molar-refractivity contribution in [3.63, 3.8) is 0 Å². The van der Waals surface area contributed by atoms with Gasteiger partial charge in [-0.1, -0.05) is 40.6 Å². The van der Waals surface area contributed by atoms with Gasteiger partial charge in [-0.2, -0.15) is 0 Å². The van der Waals surface area contributed by atoms with Crippen LogP contribution in [0.25, 0.3) is 16.9 Å². The zero-order chi connectivity index (χ0) is 15.7. The van der Waals surface area contributed by atoms with Gasteiger partial charge in [-0.05, 0) is 43.7 Å². The third-order valence-corrected chi connectivity index (χ3v) is 3.85. The Kier molecular flexibility index (Phi) is 3.96. The van der Waals surface area contributed by atoms with Crippen molar-refractivity contribution >= 4 is 11.6 Å². The zero-order valence-corrected chi connectivity index (χ0v) is 13.3. The van der Waals surface area contributed by atoms with Crippen molar-refractivity contribution in [1.29, 1.82) is 0 Å². The van der Waals surface area contributed by atoms with Gasteiger partial charge in [0.1, 0.15) is 5.69 Å². The van der Waals surface area contributed by atoms with Crippen molar-refractivity contribution in [1.82, 2.24) is 15.0 Å². The fourth-order valence-corrected chi connectivity index (χ4v) is 2.78. The van der Waals surface area contributed by atoms with Gasteiger partial charge in [-0.25, -0.2) is 4.68 Å². The van der Waals surface area contributed by atoms with Crippen molar-refractivity contribution < 1.29 is 0 Å². The minimum Gasteiger partial charge on any atom is -0.325 e. The minimum atomic E-state index is 0.343. The van der Waals surface area contributed by atoms with Gasteiger partial charge in [0.15, 0.2) is 0 Å². The molecule has 112 valence electrons. The number of rotatable bonds is 3. The first-order chi connectivity index (χ1) is 10.6. The Hall–Kier alpha value is -2.17. The summed E-state index contributed by atoms with van der Waals surface area (Å²) in [6, 6.07) is 14.0. The molecule has 0 saturated heterocycles. The summed E-state index contributed by atoms with van der Waals surface area (Å²) in [5.41, 5.74) is 11.8. The Labute approximate surface area is 134 Å². The summed E-state index contributed by atoms with van der Waals surface area (Å²) < 4.78 is 1.84. The van der Waals surface area contributed by atoms with Crippen LogP contribution in [0.3, 0.4) is 0 Å². The predicted octanol–water partition coefficient (Wildman–Crippen LogP) is 3.66. The van der Waals surface area contributed by atoms with E-state index >= 15 is 0 Å². The first-order valence-electron chi connectivity index (χ1n) is 7.08. The second kappa shape index (κ2) is 5.91. The smallest absolute Gasteiger partial charge is 0.105 e. The second-order valence-corrected chi connectivity index (χ2v) is 5.74. The van der Waals surface area contributed by atoms with Crippen LogP contribution >= 0.6 is 11.6 Å². The van der Waals surface area contributed by atoms with E-state index < -0.39 is 0 Å². The maximum Gasteiger partial charge on any atom is 0.105 e. The lowest BCUT2D eigenvalue weighted by Crippen LogP contribution is -2.04. The summed E-state index contributed by atoms with van der Waals surface area (Å²) in [6.07, 6.45) is 0. The standard InChI is InChI=1S/C17H17ClN4/c1-11-4-3-5-13(8-11)17-15(10-19)20-21-22(17)16-7-6-14(18)9-12(16)2/h3-9H,10,19H2,1-2H3. The quantitative estimate of drug-likeness (QED) is 0.803. The van der Waals surface area contributed by atoms with Crippen molar-refractivity contribution in [2.45, 2.75) is 20.4 Å². The molecule has 0 amide bonds. The molecule has 22 heavy (non-hydrogen) atoms. The summed E-state index contributed by atoms with van der Waals surface area (Å²) in [4.78, 5) is 0. The topological polar surface area (TPSA) is 56.7 Å². The van der Waals surface area contributed by atoms with Gasteiger partial charge in [-0.15, -0.1) is 5.10 Å². The van der Waals surface area contributed by atoms with Crippen LogP contribution in [0, 0.1) is 13.8 Å². The molecule has 1 aromatic heterocycles. The maximum absolute atomic E-state index is 6.05. The van der Waals surface area contributed by atoms with Crippen LogP contribution in [0.4, 0.5) is 0 Å². The van der Waals surface area contributed by atoms with Gasteiger partial charge in [0, 0.05) is 17.1 Å². The third kappa shape index (κ3) is 2.63. The molecule has 5 heteroatoms. The summed E-state index contributed by atoms with van der Waals surface area (Å²) in [7, 11) is 0. The molecule has 0 unspecified atom stereocenters. The van der Waals surface area contributed by atoms with Crippen LogP contribution in [-0.2, 0) is 6.54 Å². The molecule has 0 aliphatic heterocycles. The van der Waals surface area contributed by atoms with Gasteiger partial charge in [0.05, 0.1) is 11.4 Å². The lowest BCUT2D eigenvalue weighted by atomic mass is 10.1. The Morgan fingerprint density at radius 2 is 1.95 bits per heavy atom. The highest BCUT2D eigenvalue weighted by Gasteiger charge is 2.16. The fourth-order valence-electron chi connectivity index (χ4n) is 2.56. The predicted molar refractivity (Wildman–Crippen MR) is 89.2 cm³/mol. The van der Waals surface area contributed by atoms with Crippen molar-refractivity contribution in [2.24, 2.45) is 5.73 Å². The van der Waals surface area contributed by atoms with E-state index in [0.717, 1.165) is 28.2 Å². The molecule has 0 spiro atoms. The summed E-state index contributed by atoms with van der Waals surface area (Å²) in [5, 5.41) is 9.24. The molecule has 0 radical (unpaired) electrons. The number of halogens is 1. The van der Waals surface area contributed by atoms with Crippen LogP contribution in [0.1, 0.15) is 16.8 Å². The molecule has 3 rings (SSSR count). The van der Waals surface area contributed by atoms with Crippen molar-refractivity contribution in [3.8, 4) is 16.9 Å². The van der Waals surface area contributed by atoms with E-state index in [1.165, 1.54) is 5.56 Å². The Balaban J connectivity index is 2.23. The average molecular weight is 313 g/mol. The molecule has 0 fully saturated rings. The SMILES string of the molecule is Cc1cccc(-c2c(CN)nnn2-c2ccc(Cl)cc2C)c1. The molecule has 0 aliphatic carbocycles. The molecular weight excluding hydrogens is 296 g/mol. The molecule has 0 bridgehead atoms. The molecular formula is C17H17ClN4. The van der Waals surface area contributed by atoms with E-state index in [0.29, 0.717) is 11.6 Å². The number of hydrogen-bond donors (Lipinski definition) is 1. The average Bonchev–Trinajstić information content (AvgIpc) is 2.91. The maximum atomic E-state index is 6.05. The number of benzene rings is 2. The van der Waals surface area contributed by atoms with E-state index in [1.54, 1.807) is 0 Å². The summed E-state index contributed by atoms with van der Waals surface area (Å²) in [6.45, 7) is 4.41. The van der Waals surface area contributed by atoms with E-state index in [4.69, 9.17) is 17.3 Å². The fraction of sp³-hybridized carbons (Fsp3) is 0.176. The second-order valence-electron chi connectivity index (χ2n) is 5.30. The molecule has 3 aromatic rings. The highest BCUT2D eigenvalue weighted by atomic mass is 35.5. The molecule has 0 atom stereocenters. The Morgan fingerprint density at radius 1 is 1.14 bits per heavy atom. The highest BCUT2D eigenvalue weighted by Crippen LogP contribution is 2.28. The van der Waals surface area contributed by atoms with Gasteiger partial charge in [0.2, 0.25) is 0 Å². The lowest BCUT2D eigenvalue weighted by molar-refractivity contribution is 0.796. The monoisotopic (exact) mass is 312 g/mol. The third-order valence-electron chi connectivity index (χ3n) is 3.61. The van der Waals surface area contributed by atoms with Crippen LogP contribution in [0.5, 0.6) is 0 Å². The van der Waals surface area contributed by atoms with Gasteiger partial charge in [0.25, 0.3) is 0 Å². The van der Waals surface area contributed by atoms with Crippen LogP contribution in [0.15, 0.2) is 42.5 Å². The minimum absolute atomic E-state index is 0.343. The first kappa shape index (κ1) is 14.8. The number of aryl methyl sites for hydroxylation is 2. The van der Waals surface area contributed by atoms with Crippen LogP contribution in [-0.4, -0.2) is 15.0 Å². The molecule has 0 aliphatic rings. The number of aromatic nitrogens is 3. The van der Waals surface area contributed by atoms with E-state index in [9.17, 15) is 0 Å². The first-order valence-corrected chi connectivity index (χ1v) is 7.46. The Morgan fingerprint density at radius 3 is 2.64 bits per heavy atom. The highest BCUT2D eigenvalue weighted by molar-refractivity contribution is 6.30. The van der Waals surface area contributed by atoms with E-state index in [2.05, 4.69) is 29.4 Å². The summed E-state index contributed by atoms with van der Waals surface area (Å²) >= 11 is 6.05. The molecule has 2 aromatic carbocycles. The van der Waals surface area contributed by atoms with Crippen molar-refractivity contribution in [2.75, 3.05) is 0 Å². The number of hydrogen-bond acceptors (Lipinski definition) is 3. The number of nitrogens with zero attached hydrogens (tertiary/aromatic N) is 3. The normalized spacial score (nSPS) is 10.9. The zero-order valence-electron chi connectivity index (χ0n) is 12.5. The van der Waals surface area contributed by atoms with Gasteiger partial charge < -0.3 is 5.73 Å². The molecule has 1 heterocycles. The lowest BCUT2D eigenvalue weighted by Gasteiger charge is -2.11. The van der Waals surface area contributed by atoms with E-state index in [1.807, 2.05) is 41.9 Å². The Bertz CT molecular complexity index is 823. The largest absolute Gasteiger partial charge is 0.325 e. The van der Waals surface area contributed by atoms with Crippen molar-refractivity contribution in [3.05, 3.63) is 64.3 Å². The van der Waals surface area contributed by atoms with Gasteiger partial charge >= 0.3 is 0 Å². The molecule has 0 saturated carbocycles. The summed E-state index contributed by atoms with van der Waals surface area (Å²) in [5.74, 6) is 0. The molecule has 4 nitrogen and oxygen atoms in total.